The number of sulfonamides is 1. The van der Waals surface area contributed by atoms with Crippen molar-refractivity contribution in [2.24, 2.45) is 16.7 Å². The van der Waals surface area contributed by atoms with E-state index >= 15 is 0 Å². The largest absolute Gasteiger partial charge is 0.342 e. The van der Waals surface area contributed by atoms with Crippen LogP contribution in [0.15, 0.2) is 0 Å². The highest BCUT2D eigenvalue weighted by Crippen LogP contribution is 2.62. The van der Waals surface area contributed by atoms with Crippen LogP contribution in [0.1, 0.15) is 58.3 Å². The Kier molecular flexibility index (Phi) is 4.60. The minimum atomic E-state index is -3.07. The minimum absolute atomic E-state index is 0.108. The van der Waals surface area contributed by atoms with Crippen molar-refractivity contribution in [2.75, 3.05) is 45.8 Å². The molecule has 5 rings (SSSR count). The van der Waals surface area contributed by atoms with Crippen molar-refractivity contribution >= 4 is 15.9 Å². The molecule has 6 nitrogen and oxygen atoms in total. The lowest BCUT2D eigenvalue weighted by atomic mass is 9.66. The molecule has 2 atom stereocenters. The smallest absolute Gasteiger partial charge is 0.230 e. The number of hydrogen-bond acceptors (Lipinski definition) is 4. The zero-order valence-corrected chi connectivity index (χ0v) is 18.1. The van der Waals surface area contributed by atoms with Crippen molar-refractivity contribution in [1.29, 1.82) is 0 Å². The van der Waals surface area contributed by atoms with Gasteiger partial charge in [0.05, 0.1) is 10.7 Å². The van der Waals surface area contributed by atoms with E-state index in [1.165, 1.54) is 0 Å². The normalized spacial score (nSPS) is 36.3. The first-order chi connectivity index (χ1) is 13.4. The fourth-order valence-corrected chi connectivity index (χ4v) is 8.69. The van der Waals surface area contributed by atoms with Gasteiger partial charge in [-0.25, -0.2) is 12.7 Å². The van der Waals surface area contributed by atoms with Gasteiger partial charge in [-0.05, 0) is 69.2 Å². The second-order valence-corrected chi connectivity index (χ2v) is 12.3. The molecule has 5 aliphatic rings. The Morgan fingerprint density at radius 3 is 2.29 bits per heavy atom. The van der Waals surface area contributed by atoms with Crippen molar-refractivity contribution in [3.8, 4) is 0 Å². The molecule has 2 saturated carbocycles. The number of piperidine rings is 1. The van der Waals surface area contributed by atoms with E-state index < -0.39 is 10.0 Å². The topological polar surface area (TPSA) is 60.9 Å². The molecule has 2 aliphatic carbocycles. The Bertz CT molecular complexity index is 736. The van der Waals surface area contributed by atoms with Crippen LogP contribution >= 0.6 is 0 Å². The second kappa shape index (κ2) is 6.67. The molecule has 3 heterocycles. The Hall–Kier alpha value is -0.660. The first-order valence-electron chi connectivity index (χ1n) is 11.4. The molecule has 0 aromatic carbocycles. The number of fused-ring (bicyclic) bond motifs is 2. The summed E-state index contributed by atoms with van der Waals surface area (Å²) >= 11 is 0. The maximum atomic E-state index is 13.7. The van der Waals surface area contributed by atoms with Gasteiger partial charge in [-0.2, -0.15) is 0 Å². The van der Waals surface area contributed by atoms with E-state index in [9.17, 15) is 13.2 Å². The van der Waals surface area contributed by atoms with E-state index in [0.717, 1.165) is 84.1 Å². The standard InChI is InChI=1S/C21H35N3O3S/c1-2-22-15-18-20(9-13-24(14-10-20)28(26,27)17-5-6-17)7-8-21(18,16-22)19(25)23-11-3-4-12-23/h17-18H,2-16H2,1H3/t18-,21+/m0/s1. The highest BCUT2D eigenvalue weighted by molar-refractivity contribution is 7.90. The van der Waals surface area contributed by atoms with Gasteiger partial charge in [0.1, 0.15) is 0 Å². The van der Waals surface area contributed by atoms with Crippen molar-refractivity contribution < 1.29 is 13.2 Å². The van der Waals surface area contributed by atoms with Crippen molar-refractivity contribution in [1.82, 2.24) is 14.1 Å². The van der Waals surface area contributed by atoms with E-state index in [2.05, 4.69) is 16.7 Å². The molecule has 5 fully saturated rings. The van der Waals surface area contributed by atoms with Crippen LogP contribution in [0.3, 0.4) is 0 Å². The molecule has 0 bridgehead atoms. The van der Waals surface area contributed by atoms with Gasteiger partial charge in [0, 0.05) is 39.3 Å². The van der Waals surface area contributed by atoms with Gasteiger partial charge in [-0.15, -0.1) is 0 Å². The lowest BCUT2D eigenvalue weighted by Gasteiger charge is -2.44. The van der Waals surface area contributed by atoms with Crippen molar-refractivity contribution in [2.45, 2.75) is 63.5 Å². The molecule has 1 spiro atoms. The van der Waals surface area contributed by atoms with Gasteiger partial charge < -0.3 is 9.80 Å². The summed E-state index contributed by atoms with van der Waals surface area (Å²) in [6, 6.07) is 0. The fraction of sp³-hybridized carbons (Fsp3) is 0.952. The molecule has 7 heteroatoms. The lowest BCUT2D eigenvalue weighted by Crippen LogP contribution is -2.50. The number of hydrogen-bond donors (Lipinski definition) is 0. The summed E-state index contributed by atoms with van der Waals surface area (Å²) < 4.78 is 27.1. The molecule has 0 N–H and O–H groups in total. The zero-order valence-electron chi connectivity index (χ0n) is 17.2. The second-order valence-electron chi connectivity index (χ2n) is 10.0. The molecule has 0 aromatic rings. The third-order valence-corrected chi connectivity index (χ3v) is 11.1. The molecule has 158 valence electrons. The molecule has 3 saturated heterocycles. The Morgan fingerprint density at radius 1 is 1.00 bits per heavy atom. The maximum absolute atomic E-state index is 13.7. The van der Waals surface area contributed by atoms with Gasteiger partial charge in [0.2, 0.25) is 15.9 Å². The van der Waals surface area contributed by atoms with Crippen LogP contribution in [0.5, 0.6) is 0 Å². The quantitative estimate of drug-likeness (QED) is 0.712. The predicted molar refractivity (Wildman–Crippen MR) is 108 cm³/mol. The molecule has 28 heavy (non-hydrogen) atoms. The number of rotatable bonds is 4. The SMILES string of the molecule is CCN1C[C@H]2C3(CCN(S(=O)(=O)C4CC4)CC3)CC[C@@]2(C(=O)N2CCCC2)C1. The Balaban J connectivity index is 1.37. The zero-order chi connectivity index (χ0) is 19.6. The van der Waals surface area contributed by atoms with Crippen LogP contribution in [0.2, 0.25) is 0 Å². The molecule has 0 unspecified atom stereocenters. The summed E-state index contributed by atoms with van der Waals surface area (Å²) in [4.78, 5) is 18.3. The molecular formula is C21H35N3O3S. The molecule has 0 aromatic heterocycles. The Labute approximate surface area is 169 Å². The summed E-state index contributed by atoms with van der Waals surface area (Å²) in [6.07, 6.45) is 7.95. The van der Waals surface area contributed by atoms with Gasteiger partial charge in [0.25, 0.3) is 0 Å². The van der Waals surface area contributed by atoms with E-state index in [1.54, 1.807) is 4.31 Å². The van der Waals surface area contributed by atoms with Crippen LogP contribution in [0.4, 0.5) is 0 Å². The highest BCUT2D eigenvalue weighted by atomic mass is 32.2. The third-order valence-electron chi connectivity index (χ3n) is 8.71. The molecular weight excluding hydrogens is 374 g/mol. The van der Waals surface area contributed by atoms with E-state index in [-0.39, 0.29) is 16.1 Å². The third kappa shape index (κ3) is 2.79. The number of carbonyl (C=O) groups is 1. The number of amides is 1. The predicted octanol–water partition coefficient (Wildman–Crippen LogP) is 1.92. The van der Waals surface area contributed by atoms with Crippen molar-refractivity contribution in [3.63, 3.8) is 0 Å². The lowest BCUT2D eigenvalue weighted by molar-refractivity contribution is -0.142. The van der Waals surface area contributed by atoms with E-state index in [1.807, 2.05) is 0 Å². The van der Waals surface area contributed by atoms with Gasteiger partial charge in [0.15, 0.2) is 0 Å². The fourth-order valence-electron chi connectivity index (χ4n) is 6.85. The number of carbonyl (C=O) groups excluding carboxylic acids is 1. The first-order valence-corrected chi connectivity index (χ1v) is 12.9. The molecule has 0 radical (unpaired) electrons. The number of nitrogens with zero attached hydrogens (tertiary/aromatic N) is 3. The monoisotopic (exact) mass is 409 g/mol. The van der Waals surface area contributed by atoms with Crippen LogP contribution in [-0.4, -0.2) is 79.5 Å². The molecule has 1 amide bonds. The minimum Gasteiger partial charge on any atom is -0.342 e. The van der Waals surface area contributed by atoms with E-state index in [0.29, 0.717) is 24.9 Å². The highest BCUT2D eigenvalue weighted by Gasteiger charge is 2.65. The van der Waals surface area contributed by atoms with Crippen LogP contribution in [-0.2, 0) is 14.8 Å². The van der Waals surface area contributed by atoms with Gasteiger partial charge >= 0.3 is 0 Å². The van der Waals surface area contributed by atoms with Crippen LogP contribution in [0.25, 0.3) is 0 Å². The maximum Gasteiger partial charge on any atom is 0.230 e. The summed E-state index contributed by atoms with van der Waals surface area (Å²) in [5.74, 6) is 0.815. The summed E-state index contributed by atoms with van der Waals surface area (Å²) in [7, 11) is -3.07. The first kappa shape index (κ1) is 19.3. The average molecular weight is 410 g/mol. The van der Waals surface area contributed by atoms with Crippen LogP contribution in [0, 0.1) is 16.7 Å². The van der Waals surface area contributed by atoms with Crippen LogP contribution < -0.4 is 0 Å². The van der Waals surface area contributed by atoms with Gasteiger partial charge in [-0.1, -0.05) is 6.92 Å². The van der Waals surface area contributed by atoms with Crippen molar-refractivity contribution in [3.05, 3.63) is 0 Å². The Morgan fingerprint density at radius 2 is 1.68 bits per heavy atom. The summed E-state index contributed by atoms with van der Waals surface area (Å²) in [5.41, 5.74) is -0.0488. The number of likely N-dealkylation sites (tertiary alicyclic amines) is 2. The summed E-state index contributed by atoms with van der Waals surface area (Å²) in [6.45, 7) is 8.32. The summed E-state index contributed by atoms with van der Waals surface area (Å²) in [5, 5.41) is -0.108. The van der Waals surface area contributed by atoms with Gasteiger partial charge in [-0.3, -0.25) is 4.79 Å². The molecule has 3 aliphatic heterocycles. The average Bonchev–Trinajstić information content (AvgIpc) is 3.19. The van der Waals surface area contributed by atoms with E-state index in [4.69, 9.17) is 0 Å².